The molecule has 0 saturated heterocycles. The summed E-state index contributed by atoms with van der Waals surface area (Å²) in [6, 6.07) is 12.9. The molecule has 0 atom stereocenters. The van der Waals surface area contributed by atoms with E-state index in [4.69, 9.17) is 4.98 Å². The predicted octanol–water partition coefficient (Wildman–Crippen LogP) is 5.22. The van der Waals surface area contributed by atoms with Crippen LogP contribution in [0.25, 0.3) is 27.7 Å². The van der Waals surface area contributed by atoms with Crippen LogP contribution in [0.1, 0.15) is 50.8 Å². The van der Waals surface area contributed by atoms with Gasteiger partial charge in [-0.1, -0.05) is 45.9 Å². The monoisotopic (exact) mass is 291 g/mol. The fourth-order valence-corrected chi connectivity index (χ4v) is 3.21. The van der Waals surface area contributed by atoms with E-state index in [1.165, 1.54) is 16.6 Å². The van der Waals surface area contributed by atoms with Crippen LogP contribution in [0.2, 0.25) is 0 Å². The third kappa shape index (κ3) is 1.78. The van der Waals surface area contributed by atoms with E-state index in [2.05, 4.69) is 73.5 Å². The van der Waals surface area contributed by atoms with Crippen molar-refractivity contribution in [1.29, 1.82) is 0 Å². The van der Waals surface area contributed by atoms with Crippen molar-refractivity contribution in [3.05, 3.63) is 47.7 Å². The van der Waals surface area contributed by atoms with Crippen LogP contribution >= 0.6 is 0 Å². The van der Waals surface area contributed by atoms with E-state index in [-0.39, 0.29) is 0 Å². The maximum absolute atomic E-state index is 4.92. The Morgan fingerprint density at radius 2 is 1.77 bits per heavy atom. The van der Waals surface area contributed by atoms with Gasteiger partial charge in [0.25, 0.3) is 0 Å². The summed E-state index contributed by atoms with van der Waals surface area (Å²) in [5, 5.41) is 1.20. The molecular formula is C19H21N3. The second-order valence-electron chi connectivity index (χ2n) is 6.70. The number of H-pyrrole nitrogens is 1. The molecule has 112 valence electrons. The van der Waals surface area contributed by atoms with Gasteiger partial charge in [0.15, 0.2) is 0 Å². The Morgan fingerprint density at radius 1 is 1.00 bits per heavy atom. The average molecular weight is 291 g/mol. The number of pyridine rings is 1. The third-order valence-corrected chi connectivity index (χ3v) is 4.47. The van der Waals surface area contributed by atoms with E-state index in [9.17, 15) is 0 Å². The van der Waals surface area contributed by atoms with Gasteiger partial charge in [-0.2, -0.15) is 0 Å². The number of nitrogens with one attached hydrogen (secondary N) is 1. The van der Waals surface area contributed by atoms with E-state index in [1.807, 2.05) is 0 Å². The molecule has 1 aromatic carbocycles. The Morgan fingerprint density at radius 3 is 2.50 bits per heavy atom. The number of aromatic nitrogens is 3. The first kappa shape index (κ1) is 13.4. The number of imidazole rings is 1. The lowest BCUT2D eigenvalue weighted by Gasteiger charge is -2.14. The van der Waals surface area contributed by atoms with Gasteiger partial charge < -0.3 is 4.98 Å². The van der Waals surface area contributed by atoms with Crippen LogP contribution in [0.5, 0.6) is 0 Å². The first-order valence-electron chi connectivity index (χ1n) is 7.99. The first-order chi connectivity index (χ1) is 10.6. The summed E-state index contributed by atoms with van der Waals surface area (Å²) < 4.78 is 2.28. The normalized spacial score (nSPS) is 12.5. The molecule has 0 fully saturated rings. The summed E-state index contributed by atoms with van der Waals surface area (Å²) in [6.45, 7) is 8.96. The number of hydrogen-bond acceptors (Lipinski definition) is 1. The van der Waals surface area contributed by atoms with Crippen LogP contribution in [0.4, 0.5) is 0 Å². The van der Waals surface area contributed by atoms with Crippen molar-refractivity contribution in [3.8, 4) is 0 Å². The van der Waals surface area contributed by atoms with Gasteiger partial charge in [-0.05, 0) is 35.6 Å². The van der Waals surface area contributed by atoms with Crippen LogP contribution < -0.4 is 0 Å². The Kier molecular flexibility index (Phi) is 2.80. The fourth-order valence-electron chi connectivity index (χ4n) is 3.21. The highest BCUT2D eigenvalue weighted by Gasteiger charge is 2.16. The van der Waals surface area contributed by atoms with E-state index in [0.29, 0.717) is 11.8 Å². The zero-order valence-corrected chi connectivity index (χ0v) is 13.5. The first-order valence-corrected chi connectivity index (χ1v) is 7.99. The minimum absolute atomic E-state index is 0.449. The molecule has 0 bridgehead atoms. The van der Waals surface area contributed by atoms with Crippen molar-refractivity contribution < 1.29 is 0 Å². The SMILES string of the molecule is CC(C)c1cc(C(C)C)n2c(c1)nc1c3ccccc3[nH]c12. The largest absolute Gasteiger partial charge is 0.339 e. The summed E-state index contributed by atoms with van der Waals surface area (Å²) in [4.78, 5) is 8.47. The van der Waals surface area contributed by atoms with Gasteiger partial charge in [-0.3, -0.25) is 4.40 Å². The number of benzene rings is 1. The predicted molar refractivity (Wildman–Crippen MR) is 92.7 cm³/mol. The lowest BCUT2D eigenvalue weighted by atomic mass is 10.00. The highest BCUT2D eigenvalue weighted by Crippen LogP contribution is 2.30. The molecule has 3 nitrogen and oxygen atoms in total. The highest BCUT2D eigenvalue weighted by molar-refractivity contribution is 6.05. The van der Waals surface area contributed by atoms with Gasteiger partial charge in [0.05, 0.1) is 0 Å². The third-order valence-electron chi connectivity index (χ3n) is 4.47. The number of fused-ring (bicyclic) bond motifs is 5. The summed E-state index contributed by atoms with van der Waals surface area (Å²) in [5.74, 6) is 0.958. The molecule has 0 aliphatic heterocycles. The summed E-state index contributed by atoms with van der Waals surface area (Å²) in [7, 11) is 0. The van der Waals surface area contributed by atoms with Gasteiger partial charge in [-0.15, -0.1) is 0 Å². The van der Waals surface area contributed by atoms with Crippen molar-refractivity contribution in [2.75, 3.05) is 0 Å². The average Bonchev–Trinajstić information content (AvgIpc) is 3.01. The molecule has 22 heavy (non-hydrogen) atoms. The molecule has 4 aromatic rings. The maximum Gasteiger partial charge on any atom is 0.143 e. The van der Waals surface area contributed by atoms with Crippen LogP contribution in [0.15, 0.2) is 36.4 Å². The quantitative estimate of drug-likeness (QED) is 0.540. The fraction of sp³-hybridized carbons (Fsp3) is 0.316. The minimum atomic E-state index is 0.449. The number of rotatable bonds is 2. The topological polar surface area (TPSA) is 33.1 Å². The highest BCUT2D eigenvalue weighted by atomic mass is 15.1. The van der Waals surface area contributed by atoms with Crippen molar-refractivity contribution in [3.63, 3.8) is 0 Å². The number of hydrogen-bond donors (Lipinski definition) is 1. The van der Waals surface area contributed by atoms with Gasteiger partial charge in [-0.25, -0.2) is 4.98 Å². The van der Waals surface area contributed by atoms with E-state index in [0.717, 1.165) is 22.3 Å². The molecule has 3 heterocycles. The van der Waals surface area contributed by atoms with Gasteiger partial charge in [0, 0.05) is 16.6 Å². The smallest absolute Gasteiger partial charge is 0.143 e. The second kappa shape index (κ2) is 4.60. The number of aromatic amines is 1. The zero-order chi connectivity index (χ0) is 15.4. The van der Waals surface area contributed by atoms with Crippen molar-refractivity contribution >= 4 is 27.7 Å². The molecule has 0 amide bonds. The Balaban J connectivity index is 2.18. The molecule has 0 aliphatic carbocycles. The van der Waals surface area contributed by atoms with E-state index >= 15 is 0 Å². The van der Waals surface area contributed by atoms with Crippen LogP contribution in [-0.2, 0) is 0 Å². The molecule has 3 aromatic heterocycles. The molecule has 0 spiro atoms. The van der Waals surface area contributed by atoms with Crippen molar-refractivity contribution in [2.24, 2.45) is 0 Å². The summed E-state index contributed by atoms with van der Waals surface area (Å²) in [6.07, 6.45) is 0. The van der Waals surface area contributed by atoms with E-state index < -0.39 is 0 Å². The van der Waals surface area contributed by atoms with Crippen molar-refractivity contribution in [2.45, 2.75) is 39.5 Å². The Bertz CT molecular complexity index is 986. The number of nitrogens with zero attached hydrogens (tertiary/aromatic N) is 2. The standard InChI is InChI=1S/C19H21N3/c1-11(2)13-9-16(12(3)4)22-17(10-13)21-18-14-7-5-6-8-15(14)20-19(18)22/h5-12,20H,1-4H3. The Labute approximate surface area is 130 Å². The van der Waals surface area contributed by atoms with Crippen LogP contribution in [-0.4, -0.2) is 14.4 Å². The molecule has 0 aliphatic rings. The molecule has 0 saturated carbocycles. The molecular weight excluding hydrogens is 270 g/mol. The molecule has 0 radical (unpaired) electrons. The number of para-hydroxylation sites is 1. The van der Waals surface area contributed by atoms with Crippen LogP contribution in [0, 0.1) is 0 Å². The van der Waals surface area contributed by atoms with Gasteiger partial charge in [0.2, 0.25) is 0 Å². The van der Waals surface area contributed by atoms with Crippen LogP contribution in [0.3, 0.4) is 0 Å². The molecule has 3 heteroatoms. The lowest BCUT2D eigenvalue weighted by molar-refractivity contribution is 0.788. The van der Waals surface area contributed by atoms with Gasteiger partial charge >= 0.3 is 0 Å². The minimum Gasteiger partial charge on any atom is -0.339 e. The molecule has 1 N–H and O–H groups in total. The van der Waals surface area contributed by atoms with E-state index in [1.54, 1.807) is 0 Å². The zero-order valence-electron chi connectivity index (χ0n) is 13.5. The second-order valence-corrected chi connectivity index (χ2v) is 6.70. The maximum atomic E-state index is 4.92. The summed E-state index contributed by atoms with van der Waals surface area (Å²) >= 11 is 0. The molecule has 4 rings (SSSR count). The lowest BCUT2D eigenvalue weighted by Crippen LogP contribution is -2.02. The Hall–Kier alpha value is -2.29. The van der Waals surface area contributed by atoms with Gasteiger partial charge in [0.1, 0.15) is 16.8 Å². The summed E-state index contributed by atoms with van der Waals surface area (Å²) in [5.41, 5.74) is 7.04. The van der Waals surface area contributed by atoms with Crippen molar-refractivity contribution in [1.82, 2.24) is 14.4 Å². The molecule has 0 unspecified atom stereocenters.